The Morgan fingerprint density at radius 1 is 1.32 bits per heavy atom. The van der Waals surface area contributed by atoms with Gasteiger partial charge in [0.25, 0.3) is 0 Å². The molecule has 2 aromatic rings. The normalized spacial score (nSPS) is 18.2. The number of likely N-dealkylation sites (tertiary alicyclic amines) is 1. The smallest absolute Gasteiger partial charge is 0.222 e. The summed E-state index contributed by atoms with van der Waals surface area (Å²) in [5, 5.41) is 8.26. The molecule has 1 N–H and O–H groups in total. The van der Waals surface area contributed by atoms with Crippen LogP contribution in [0.1, 0.15) is 30.5 Å². The van der Waals surface area contributed by atoms with Gasteiger partial charge in [0.2, 0.25) is 5.91 Å². The molecule has 0 radical (unpaired) electrons. The number of amides is 1. The van der Waals surface area contributed by atoms with E-state index >= 15 is 0 Å². The molecule has 1 aromatic heterocycles. The zero-order valence-corrected chi connectivity index (χ0v) is 15.4. The topological polar surface area (TPSA) is 50.2 Å². The number of carbonyl (C=O) groups is 1. The molecule has 2 heterocycles. The molecular formula is C19H25ClN4O. The van der Waals surface area contributed by atoms with Gasteiger partial charge in [0.15, 0.2) is 0 Å². The molecule has 0 aliphatic carbocycles. The van der Waals surface area contributed by atoms with Crippen LogP contribution in [0.2, 0.25) is 5.02 Å². The third kappa shape index (κ3) is 5.58. The first-order valence-electron chi connectivity index (χ1n) is 8.85. The van der Waals surface area contributed by atoms with Crippen LogP contribution in [0, 0.1) is 6.92 Å². The Morgan fingerprint density at radius 2 is 2.12 bits per heavy atom. The van der Waals surface area contributed by atoms with E-state index in [9.17, 15) is 4.79 Å². The number of nitrogens with one attached hydrogen (secondary N) is 1. The lowest BCUT2D eigenvalue weighted by Gasteiger charge is -2.33. The number of nitrogens with zero attached hydrogens (tertiary/aromatic N) is 3. The molecule has 1 aliphatic heterocycles. The number of piperidine rings is 1. The second kappa shape index (κ2) is 8.50. The number of hydrogen-bond acceptors (Lipinski definition) is 3. The first kappa shape index (κ1) is 18.0. The molecule has 0 unspecified atom stereocenters. The van der Waals surface area contributed by atoms with Crippen molar-refractivity contribution in [3.8, 4) is 0 Å². The maximum atomic E-state index is 12.2. The van der Waals surface area contributed by atoms with Gasteiger partial charge in [-0.2, -0.15) is 5.10 Å². The molecule has 0 spiro atoms. The zero-order chi connectivity index (χ0) is 17.6. The SMILES string of the molecule is Cc1ccn(CCC(=O)N[C@@H]2CCCN(Cc3ccc(Cl)cc3)C2)n1. The van der Waals surface area contributed by atoms with Crippen LogP contribution in [0.4, 0.5) is 0 Å². The highest BCUT2D eigenvalue weighted by Gasteiger charge is 2.21. The minimum atomic E-state index is 0.103. The second-order valence-electron chi connectivity index (χ2n) is 6.74. The molecule has 3 rings (SSSR count). The molecule has 5 nitrogen and oxygen atoms in total. The molecule has 1 aliphatic rings. The van der Waals surface area contributed by atoms with Gasteiger partial charge in [-0.15, -0.1) is 0 Å². The van der Waals surface area contributed by atoms with E-state index in [1.165, 1.54) is 5.56 Å². The second-order valence-corrected chi connectivity index (χ2v) is 7.17. The van der Waals surface area contributed by atoms with Crippen molar-refractivity contribution in [3.63, 3.8) is 0 Å². The van der Waals surface area contributed by atoms with Gasteiger partial charge < -0.3 is 5.32 Å². The van der Waals surface area contributed by atoms with Crippen molar-refractivity contribution in [2.75, 3.05) is 13.1 Å². The summed E-state index contributed by atoms with van der Waals surface area (Å²) in [6.45, 7) is 5.45. The maximum absolute atomic E-state index is 12.2. The molecule has 1 saturated heterocycles. The molecule has 0 saturated carbocycles. The lowest BCUT2D eigenvalue weighted by molar-refractivity contribution is -0.122. The van der Waals surface area contributed by atoms with E-state index in [2.05, 4.69) is 27.4 Å². The van der Waals surface area contributed by atoms with Crippen molar-refractivity contribution in [2.24, 2.45) is 0 Å². The Hall–Kier alpha value is -1.85. The van der Waals surface area contributed by atoms with Crippen molar-refractivity contribution in [2.45, 2.75) is 45.3 Å². The summed E-state index contributed by atoms with van der Waals surface area (Å²) in [6, 6.07) is 10.2. The van der Waals surface area contributed by atoms with Gasteiger partial charge >= 0.3 is 0 Å². The van der Waals surface area contributed by atoms with Crippen LogP contribution >= 0.6 is 11.6 Å². The minimum absolute atomic E-state index is 0.103. The number of hydrogen-bond donors (Lipinski definition) is 1. The number of halogens is 1. The Labute approximate surface area is 154 Å². The van der Waals surface area contributed by atoms with Crippen molar-refractivity contribution < 1.29 is 4.79 Å². The van der Waals surface area contributed by atoms with Gasteiger partial charge in [0.05, 0.1) is 5.69 Å². The van der Waals surface area contributed by atoms with E-state index in [-0.39, 0.29) is 11.9 Å². The van der Waals surface area contributed by atoms with Crippen molar-refractivity contribution in [1.82, 2.24) is 20.0 Å². The van der Waals surface area contributed by atoms with Gasteiger partial charge in [-0.1, -0.05) is 23.7 Å². The third-order valence-electron chi connectivity index (χ3n) is 4.53. The number of aryl methyl sites for hydroxylation is 2. The van der Waals surface area contributed by atoms with Crippen LogP contribution in [0.25, 0.3) is 0 Å². The van der Waals surface area contributed by atoms with Gasteiger partial charge in [-0.3, -0.25) is 14.4 Å². The van der Waals surface area contributed by atoms with E-state index < -0.39 is 0 Å². The molecule has 134 valence electrons. The molecular weight excluding hydrogens is 336 g/mol. The molecule has 25 heavy (non-hydrogen) atoms. The number of aromatic nitrogens is 2. The quantitative estimate of drug-likeness (QED) is 0.861. The van der Waals surface area contributed by atoms with Crippen molar-refractivity contribution >= 4 is 17.5 Å². The maximum Gasteiger partial charge on any atom is 0.222 e. The lowest BCUT2D eigenvalue weighted by atomic mass is 10.0. The highest BCUT2D eigenvalue weighted by Crippen LogP contribution is 2.16. The van der Waals surface area contributed by atoms with E-state index in [0.717, 1.165) is 43.2 Å². The summed E-state index contributed by atoms with van der Waals surface area (Å²) in [5.41, 5.74) is 2.23. The summed E-state index contributed by atoms with van der Waals surface area (Å²) >= 11 is 5.94. The fourth-order valence-electron chi connectivity index (χ4n) is 3.27. The highest BCUT2D eigenvalue weighted by atomic mass is 35.5. The van der Waals surface area contributed by atoms with Crippen molar-refractivity contribution in [1.29, 1.82) is 0 Å². The van der Waals surface area contributed by atoms with Crippen LogP contribution in [0.5, 0.6) is 0 Å². The number of benzene rings is 1. The Morgan fingerprint density at radius 3 is 2.84 bits per heavy atom. The van der Waals surface area contributed by atoms with E-state index in [1.54, 1.807) is 0 Å². The standard InChI is InChI=1S/C19H25ClN4O/c1-15-8-11-24(22-15)12-9-19(25)21-18-3-2-10-23(14-18)13-16-4-6-17(20)7-5-16/h4-8,11,18H,2-3,9-10,12-14H2,1H3,(H,21,25)/t18-/m1/s1. The van der Waals surface area contributed by atoms with Gasteiger partial charge in [-0.25, -0.2) is 0 Å². The predicted octanol–water partition coefficient (Wildman–Crippen LogP) is 3.02. The fraction of sp³-hybridized carbons (Fsp3) is 0.474. The number of carbonyl (C=O) groups excluding carboxylic acids is 1. The van der Waals surface area contributed by atoms with Crippen LogP contribution in [-0.4, -0.2) is 39.7 Å². The summed E-state index contributed by atoms with van der Waals surface area (Å²) < 4.78 is 1.82. The summed E-state index contributed by atoms with van der Waals surface area (Å²) in [5.74, 6) is 0.103. The summed E-state index contributed by atoms with van der Waals surface area (Å²) in [6.07, 6.45) is 4.53. The molecule has 6 heteroatoms. The fourth-order valence-corrected chi connectivity index (χ4v) is 3.39. The number of rotatable bonds is 6. The van der Waals surface area contributed by atoms with Gasteiger partial charge in [0.1, 0.15) is 0 Å². The van der Waals surface area contributed by atoms with Crippen LogP contribution in [0.3, 0.4) is 0 Å². The average Bonchev–Trinajstić information content (AvgIpc) is 3.01. The predicted molar refractivity (Wildman–Crippen MR) is 99.5 cm³/mol. The molecule has 0 bridgehead atoms. The summed E-state index contributed by atoms with van der Waals surface area (Å²) in [7, 11) is 0. The van der Waals surface area contributed by atoms with Gasteiger partial charge in [0, 0.05) is 43.3 Å². The van der Waals surface area contributed by atoms with E-state index in [0.29, 0.717) is 13.0 Å². The third-order valence-corrected chi connectivity index (χ3v) is 4.78. The molecule has 1 amide bonds. The van der Waals surface area contributed by atoms with Crippen molar-refractivity contribution in [3.05, 3.63) is 52.8 Å². The first-order chi connectivity index (χ1) is 12.1. The first-order valence-corrected chi connectivity index (χ1v) is 9.22. The Bertz CT molecular complexity index is 698. The van der Waals surface area contributed by atoms with E-state index in [4.69, 9.17) is 11.6 Å². The molecule has 1 atom stereocenters. The highest BCUT2D eigenvalue weighted by molar-refractivity contribution is 6.30. The van der Waals surface area contributed by atoms with Gasteiger partial charge in [-0.05, 0) is 50.1 Å². The molecule has 1 aromatic carbocycles. The largest absolute Gasteiger partial charge is 0.352 e. The molecule has 1 fully saturated rings. The average molecular weight is 361 g/mol. The monoisotopic (exact) mass is 360 g/mol. The lowest BCUT2D eigenvalue weighted by Crippen LogP contribution is -2.47. The minimum Gasteiger partial charge on any atom is -0.352 e. The van der Waals surface area contributed by atoms with Crippen LogP contribution in [-0.2, 0) is 17.9 Å². The Balaban J connectivity index is 1.44. The van der Waals surface area contributed by atoms with E-state index in [1.807, 2.05) is 36.0 Å². The summed E-state index contributed by atoms with van der Waals surface area (Å²) in [4.78, 5) is 14.6. The van der Waals surface area contributed by atoms with Crippen LogP contribution in [0.15, 0.2) is 36.5 Å². The van der Waals surface area contributed by atoms with Crippen LogP contribution < -0.4 is 5.32 Å². The Kier molecular flexibility index (Phi) is 6.10. The zero-order valence-electron chi connectivity index (χ0n) is 14.6.